The zero-order chi connectivity index (χ0) is 13.5. The van der Waals surface area contributed by atoms with Gasteiger partial charge >= 0.3 is 0 Å². The molecule has 4 heteroatoms. The Morgan fingerprint density at radius 1 is 0.900 bits per heavy atom. The monoisotopic (exact) mass is 261 g/mol. The SMILES string of the molecule is Oc1c(-c2ccccc2)nc2cnc3ccccc3n12. The van der Waals surface area contributed by atoms with Crippen LogP contribution in [0.25, 0.3) is 27.9 Å². The molecule has 0 fully saturated rings. The topological polar surface area (TPSA) is 50.4 Å². The smallest absolute Gasteiger partial charge is 0.224 e. The average Bonchev–Trinajstić information content (AvgIpc) is 2.86. The molecule has 2 heterocycles. The first-order valence-electron chi connectivity index (χ1n) is 6.35. The molecule has 96 valence electrons. The van der Waals surface area contributed by atoms with E-state index >= 15 is 0 Å². The van der Waals surface area contributed by atoms with Gasteiger partial charge in [0.25, 0.3) is 0 Å². The second-order valence-corrected chi connectivity index (χ2v) is 4.59. The van der Waals surface area contributed by atoms with Gasteiger partial charge in [-0.05, 0) is 12.1 Å². The number of nitrogens with zero attached hydrogens (tertiary/aromatic N) is 3. The summed E-state index contributed by atoms with van der Waals surface area (Å²) in [5, 5.41) is 10.5. The molecule has 0 saturated carbocycles. The van der Waals surface area contributed by atoms with E-state index in [9.17, 15) is 5.11 Å². The molecule has 0 bridgehead atoms. The zero-order valence-corrected chi connectivity index (χ0v) is 10.6. The van der Waals surface area contributed by atoms with E-state index in [2.05, 4.69) is 9.97 Å². The summed E-state index contributed by atoms with van der Waals surface area (Å²) < 4.78 is 1.73. The van der Waals surface area contributed by atoms with Crippen LogP contribution in [0.5, 0.6) is 5.88 Å². The van der Waals surface area contributed by atoms with Crippen molar-refractivity contribution >= 4 is 16.7 Å². The molecule has 0 spiro atoms. The molecule has 0 amide bonds. The van der Waals surface area contributed by atoms with Gasteiger partial charge in [-0.1, -0.05) is 42.5 Å². The minimum absolute atomic E-state index is 0.143. The maximum atomic E-state index is 10.5. The molecular weight excluding hydrogens is 250 g/mol. The normalized spacial score (nSPS) is 11.2. The van der Waals surface area contributed by atoms with E-state index in [-0.39, 0.29) is 5.88 Å². The molecule has 2 aromatic heterocycles. The Morgan fingerprint density at radius 3 is 2.50 bits per heavy atom. The molecule has 0 atom stereocenters. The number of hydrogen-bond donors (Lipinski definition) is 1. The van der Waals surface area contributed by atoms with Gasteiger partial charge in [-0.15, -0.1) is 0 Å². The van der Waals surface area contributed by atoms with Gasteiger partial charge in [0.05, 0.1) is 17.2 Å². The maximum absolute atomic E-state index is 10.5. The lowest BCUT2D eigenvalue weighted by atomic mass is 10.2. The van der Waals surface area contributed by atoms with E-state index in [0.29, 0.717) is 11.3 Å². The van der Waals surface area contributed by atoms with E-state index in [0.717, 1.165) is 16.6 Å². The summed E-state index contributed by atoms with van der Waals surface area (Å²) in [5.74, 6) is 0.143. The standard InChI is InChI=1S/C16H11N3O/c20-16-15(11-6-2-1-3-7-11)18-14-10-17-12-8-4-5-9-13(12)19(14)16/h1-10,20H. The third-order valence-corrected chi connectivity index (χ3v) is 3.37. The van der Waals surface area contributed by atoms with Crippen molar-refractivity contribution in [1.82, 2.24) is 14.4 Å². The van der Waals surface area contributed by atoms with Gasteiger partial charge in [-0.2, -0.15) is 0 Å². The third kappa shape index (κ3) is 1.48. The third-order valence-electron chi connectivity index (χ3n) is 3.37. The summed E-state index contributed by atoms with van der Waals surface area (Å²) in [4.78, 5) is 8.85. The largest absolute Gasteiger partial charge is 0.493 e. The van der Waals surface area contributed by atoms with Crippen LogP contribution in [0.3, 0.4) is 0 Å². The van der Waals surface area contributed by atoms with Gasteiger partial charge in [0.1, 0.15) is 5.69 Å². The van der Waals surface area contributed by atoms with Gasteiger partial charge in [0.15, 0.2) is 5.65 Å². The lowest BCUT2D eigenvalue weighted by Crippen LogP contribution is -1.89. The van der Waals surface area contributed by atoms with Crippen LogP contribution in [0.15, 0.2) is 60.8 Å². The Kier molecular flexibility index (Phi) is 2.23. The predicted molar refractivity (Wildman–Crippen MR) is 77.6 cm³/mol. The lowest BCUT2D eigenvalue weighted by Gasteiger charge is -2.01. The first-order chi connectivity index (χ1) is 9.84. The first-order valence-corrected chi connectivity index (χ1v) is 6.35. The van der Waals surface area contributed by atoms with Gasteiger partial charge < -0.3 is 5.11 Å². The fourth-order valence-corrected chi connectivity index (χ4v) is 2.43. The van der Waals surface area contributed by atoms with E-state index in [1.54, 1.807) is 10.6 Å². The minimum atomic E-state index is 0.143. The summed E-state index contributed by atoms with van der Waals surface area (Å²) in [7, 11) is 0. The van der Waals surface area contributed by atoms with E-state index in [1.165, 1.54) is 0 Å². The summed E-state index contributed by atoms with van der Waals surface area (Å²) in [6, 6.07) is 17.3. The molecule has 0 aliphatic rings. The molecule has 4 aromatic rings. The van der Waals surface area contributed by atoms with Crippen molar-refractivity contribution in [3.8, 4) is 17.1 Å². The molecule has 0 saturated heterocycles. The van der Waals surface area contributed by atoms with Crippen molar-refractivity contribution in [2.24, 2.45) is 0 Å². The van der Waals surface area contributed by atoms with Crippen molar-refractivity contribution in [2.75, 3.05) is 0 Å². The Morgan fingerprint density at radius 2 is 1.65 bits per heavy atom. The van der Waals surface area contributed by atoms with Gasteiger partial charge in [-0.3, -0.25) is 9.38 Å². The Labute approximate surface area is 115 Å². The van der Waals surface area contributed by atoms with E-state index < -0.39 is 0 Å². The number of aromatic hydroxyl groups is 1. The summed E-state index contributed by atoms with van der Waals surface area (Å²) in [6.45, 7) is 0. The number of hydrogen-bond acceptors (Lipinski definition) is 3. The van der Waals surface area contributed by atoms with Crippen molar-refractivity contribution in [2.45, 2.75) is 0 Å². The molecule has 0 aliphatic carbocycles. The van der Waals surface area contributed by atoms with E-state index in [1.807, 2.05) is 54.6 Å². The average molecular weight is 261 g/mol. The van der Waals surface area contributed by atoms with Crippen molar-refractivity contribution < 1.29 is 5.11 Å². The number of aromatic nitrogens is 3. The van der Waals surface area contributed by atoms with Crippen LogP contribution in [0.4, 0.5) is 0 Å². The molecule has 1 N–H and O–H groups in total. The second kappa shape index (κ2) is 4.06. The molecule has 0 radical (unpaired) electrons. The summed E-state index contributed by atoms with van der Waals surface area (Å²) >= 11 is 0. The Balaban J connectivity index is 2.11. The highest BCUT2D eigenvalue weighted by atomic mass is 16.3. The molecule has 4 rings (SSSR count). The number of benzene rings is 2. The zero-order valence-electron chi connectivity index (χ0n) is 10.6. The van der Waals surface area contributed by atoms with Crippen molar-refractivity contribution in [3.63, 3.8) is 0 Å². The molecule has 4 nitrogen and oxygen atoms in total. The predicted octanol–water partition coefficient (Wildman–Crippen LogP) is 3.26. The molecule has 20 heavy (non-hydrogen) atoms. The van der Waals surface area contributed by atoms with Crippen LogP contribution < -0.4 is 0 Å². The van der Waals surface area contributed by atoms with Crippen LogP contribution in [0, 0.1) is 0 Å². The van der Waals surface area contributed by atoms with Crippen LogP contribution in [0.1, 0.15) is 0 Å². The lowest BCUT2D eigenvalue weighted by molar-refractivity contribution is 0.453. The summed E-state index contributed by atoms with van der Waals surface area (Å²) in [5.41, 5.74) is 3.77. The number of rotatable bonds is 1. The van der Waals surface area contributed by atoms with Crippen LogP contribution in [-0.2, 0) is 0 Å². The first kappa shape index (κ1) is 11.0. The molecular formula is C16H11N3O. The Hall–Kier alpha value is -2.88. The van der Waals surface area contributed by atoms with Crippen LogP contribution in [-0.4, -0.2) is 19.5 Å². The summed E-state index contributed by atoms with van der Waals surface area (Å²) in [6.07, 6.45) is 1.68. The van der Waals surface area contributed by atoms with Gasteiger partial charge in [0, 0.05) is 5.56 Å². The van der Waals surface area contributed by atoms with Crippen molar-refractivity contribution in [3.05, 3.63) is 60.8 Å². The molecule has 2 aromatic carbocycles. The number of fused-ring (bicyclic) bond motifs is 3. The quantitative estimate of drug-likeness (QED) is 0.572. The van der Waals surface area contributed by atoms with E-state index in [4.69, 9.17) is 0 Å². The van der Waals surface area contributed by atoms with Gasteiger partial charge in [-0.25, -0.2) is 4.98 Å². The maximum Gasteiger partial charge on any atom is 0.224 e. The number of imidazole rings is 1. The minimum Gasteiger partial charge on any atom is -0.493 e. The fraction of sp³-hybridized carbons (Fsp3) is 0. The Bertz CT molecular complexity index is 913. The highest BCUT2D eigenvalue weighted by Crippen LogP contribution is 2.31. The highest BCUT2D eigenvalue weighted by molar-refractivity contribution is 5.81. The fourth-order valence-electron chi connectivity index (χ4n) is 2.43. The molecule has 0 unspecified atom stereocenters. The second-order valence-electron chi connectivity index (χ2n) is 4.59. The van der Waals surface area contributed by atoms with Crippen molar-refractivity contribution in [1.29, 1.82) is 0 Å². The van der Waals surface area contributed by atoms with Crippen LogP contribution >= 0.6 is 0 Å². The van der Waals surface area contributed by atoms with Crippen LogP contribution in [0.2, 0.25) is 0 Å². The van der Waals surface area contributed by atoms with Gasteiger partial charge in [0.2, 0.25) is 5.88 Å². The highest BCUT2D eigenvalue weighted by Gasteiger charge is 2.14. The molecule has 0 aliphatic heterocycles. The number of para-hydroxylation sites is 2.